The average Bonchev–Trinajstić information content (AvgIpc) is 3.07. The minimum atomic E-state index is 0.793. The maximum Gasteiger partial charge on any atom is 0.159 e. The number of anilines is 2. The molecule has 0 unspecified atom stereocenters. The lowest BCUT2D eigenvalue weighted by Gasteiger charge is -2.08. The highest BCUT2D eigenvalue weighted by Gasteiger charge is 2.12. The first-order valence-corrected chi connectivity index (χ1v) is 10.5. The lowest BCUT2D eigenvalue weighted by atomic mass is 10.1. The van der Waals surface area contributed by atoms with Crippen molar-refractivity contribution >= 4 is 47.7 Å². The van der Waals surface area contributed by atoms with Crippen LogP contribution in [-0.4, -0.2) is 40.3 Å². The number of allylic oxidation sites excluding steroid dienone is 6. The third-order valence-electron chi connectivity index (χ3n) is 4.71. The van der Waals surface area contributed by atoms with E-state index in [4.69, 9.17) is 15.0 Å². The Balaban J connectivity index is 1.83. The van der Waals surface area contributed by atoms with E-state index in [9.17, 15) is 0 Å². The van der Waals surface area contributed by atoms with Gasteiger partial charge < -0.3 is 10.6 Å². The summed E-state index contributed by atoms with van der Waals surface area (Å²) < 4.78 is 0. The minimum Gasteiger partial charge on any atom is -0.372 e. The summed E-state index contributed by atoms with van der Waals surface area (Å²) in [5.41, 5.74) is 4.71. The Morgan fingerprint density at radius 2 is 1.48 bits per heavy atom. The highest BCUT2D eigenvalue weighted by Crippen LogP contribution is 2.26. The fraction of sp³-hybridized carbons (Fsp3) is 0.182. The van der Waals surface area contributed by atoms with E-state index < -0.39 is 0 Å². The van der Waals surface area contributed by atoms with Crippen molar-refractivity contribution in [2.45, 2.75) is 11.9 Å². The molecule has 2 aromatic rings. The number of rotatable bonds is 3. The summed E-state index contributed by atoms with van der Waals surface area (Å²) in [6, 6.07) is 0. The van der Waals surface area contributed by atoms with Gasteiger partial charge in [0.25, 0.3) is 0 Å². The summed E-state index contributed by atoms with van der Waals surface area (Å²) in [6.45, 7) is 1.96. The van der Waals surface area contributed by atoms with Crippen molar-refractivity contribution in [3.8, 4) is 0 Å². The van der Waals surface area contributed by atoms with Crippen LogP contribution in [0.3, 0.4) is 0 Å². The summed E-state index contributed by atoms with van der Waals surface area (Å²) in [6.07, 6.45) is 18.3. The second kappa shape index (κ2) is 8.05. The molecule has 2 aromatic heterocycles. The summed E-state index contributed by atoms with van der Waals surface area (Å²) in [7, 11) is 3.72. The third kappa shape index (κ3) is 3.73. The summed E-state index contributed by atoms with van der Waals surface area (Å²) in [5, 5.41) is 8.80. The predicted octanol–water partition coefficient (Wildman–Crippen LogP) is 2.55. The highest BCUT2D eigenvalue weighted by atomic mass is 32.2. The van der Waals surface area contributed by atoms with Crippen molar-refractivity contribution < 1.29 is 0 Å². The molecular weight excluding hydrogens is 380 g/mol. The molecule has 0 amide bonds. The standard InChI is InChI=1S/C22H22N6S/c1-13-20(23-2)26-16-7-5-6-15(12-19(16)25-13)14-8-10-17-18(11-9-14)28-22(29-4)21(24-3)27-17/h5-12H,1-4H3,(H,23,26)(H,24,27)/b15-14-. The normalized spacial score (nSPS) is 16.8. The first kappa shape index (κ1) is 19.1. The molecule has 7 heteroatoms. The molecule has 2 heterocycles. The van der Waals surface area contributed by atoms with Crippen molar-refractivity contribution in [3.05, 3.63) is 63.2 Å². The Morgan fingerprint density at radius 1 is 0.759 bits per heavy atom. The van der Waals surface area contributed by atoms with Crippen LogP contribution >= 0.6 is 11.8 Å². The second-order valence-corrected chi connectivity index (χ2v) is 7.32. The monoisotopic (exact) mass is 402 g/mol. The van der Waals surface area contributed by atoms with Gasteiger partial charge in [0.05, 0.1) is 27.8 Å². The molecule has 0 aromatic carbocycles. The smallest absolute Gasteiger partial charge is 0.159 e. The number of thioether (sulfide) groups is 1. The molecule has 0 saturated heterocycles. The molecule has 0 radical (unpaired) electrons. The Morgan fingerprint density at radius 3 is 2.17 bits per heavy atom. The maximum atomic E-state index is 4.74. The van der Waals surface area contributed by atoms with Gasteiger partial charge in [0.1, 0.15) is 10.8 Å². The summed E-state index contributed by atoms with van der Waals surface area (Å²) >= 11 is 1.58. The van der Waals surface area contributed by atoms with Crippen molar-refractivity contribution in [3.63, 3.8) is 0 Å². The van der Waals surface area contributed by atoms with Crippen molar-refractivity contribution in [2.75, 3.05) is 31.0 Å². The fourth-order valence-corrected chi connectivity index (χ4v) is 3.74. The molecule has 4 rings (SSSR count). The van der Waals surface area contributed by atoms with E-state index in [1.807, 2.05) is 51.6 Å². The maximum absolute atomic E-state index is 4.74. The van der Waals surface area contributed by atoms with Crippen LogP contribution in [0.5, 0.6) is 0 Å². The van der Waals surface area contributed by atoms with E-state index in [2.05, 4.69) is 39.9 Å². The molecule has 0 saturated carbocycles. The van der Waals surface area contributed by atoms with E-state index in [1.54, 1.807) is 11.8 Å². The van der Waals surface area contributed by atoms with Gasteiger partial charge in [-0.25, -0.2) is 19.9 Å². The van der Waals surface area contributed by atoms with Crippen LogP contribution in [0, 0.1) is 6.92 Å². The van der Waals surface area contributed by atoms with Gasteiger partial charge in [-0.1, -0.05) is 24.3 Å². The van der Waals surface area contributed by atoms with Crippen LogP contribution in [0.4, 0.5) is 11.6 Å². The van der Waals surface area contributed by atoms with Gasteiger partial charge in [-0.3, -0.25) is 0 Å². The van der Waals surface area contributed by atoms with Gasteiger partial charge in [0, 0.05) is 14.1 Å². The second-order valence-electron chi connectivity index (χ2n) is 6.53. The largest absolute Gasteiger partial charge is 0.372 e. The molecule has 6 nitrogen and oxygen atoms in total. The Bertz CT molecular complexity index is 1180. The third-order valence-corrected chi connectivity index (χ3v) is 5.38. The zero-order valence-electron chi connectivity index (χ0n) is 16.8. The van der Waals surface area contributed by atoms with Gasteiger partial charge in [0.2, 0.25) is 0 Å². The SMILES string of the molecule is CNc1nc2c(nc1C)=C/C(=C1/C=Cc3nc(NC)c(SC)nc3C=C1)C=CC=2. The molecule has 0 atom stereocenters. The molecule has 2 aliphatic carbocycles. The molecule has 0 fully saturated rings. The molecule has 2 N–H and O–H groups in total. The van der Waals surface area contributed by atoms with E-state index in [1.165, 1.54) is 0 Å². The van der Waals surface area contributed by atoms with Gasteiger partial charge in [-0.05, 0) is 48.6 Å². The lowest BCUT2D eigenvalue weighted by molar-refractivity contribution is 1.03. The van der Waals surface area contributed by atoms with E-state index >= 15 is 0 Å². The molecule has 0 spiro atoms. The molecule has 146 valence electrons. The van der Waals surface area contributed by atoms with Crippen molar-refractivity contribution in [1.82, 2.24) is 19.9 Å². The number of fused-ring (bicyclic) bond motifs is 2. The first-order chi connectivity index (χ1) is 14.1. The van der Waals surface area contributed by atoms with Crippen molar-refractivity contribution in [1.29, 1.82) is 0 Å². The number of nitrogens with zero attached hydrogens (tertiary/aromatic N) is 4. The topological polar surface area (TPSA) is 75.6 Å². The van der Waals surface area contributed by atoms with Crippen LogP contribution in [0.15, 0.2) is 40.5 Å². The zero-order valence-corrected chi connectivity index (χ0v) is 17.6. The molecular formula is C22H22N6S. The minimum absolute atomic E-state index is 0.793. The van der Waals surface area contributed by atoms with Crippen molar-refractivity contribution in [2.24, 2.45) is 0 Å². The van der Waals surface area contributed by atoms with Gasteiger partial charge in [-0.15, -0.1) is 11.8 Å². The number of nitrogens with one attached hydrogen (secondary N) is 2. The average molecular weight is 403 g/mol. The molecule has 0 bridgehead atoms. The van der Waals surface area contributed by atoms with Crippen LogP contribution in [0.1, 0.15) is 17.1 Å². The molecule has 2 aliphatic rings. The van der Waals surface area contributed by atoms with E-state index in [-0.39, 0.29) is 0 Å². The predicted molar refractivity (Wildman–Crippen MR) is 122 cm³/mol. The molecule has 29 heavy (non-hydrogen) atoms. The van der Waals surface area contributed by atoms with Crippen LogP contribution in [0.25, 0.3) is 24.3 Å². The van der Waals surface area contributed by atoms with Gasteiger partial charge in [0.15, 0.2) is 5.82 Å². The number of aromatic nitrogens is 4. The van der Waals surface area contributed by atoms with Gasteiger partial charge in [-0.2, -0.15) is 0 Å². The quantitative estimate of drug-likeness (QED) is 0.764. The highest BCUT2D eigenvalue weighted by molar-refractivity contribution is 7.98. The van der Waals surface area contributed by atoms with Crippen LogP contribution in [-0.2, 0) is 0 Å². The Hall–Kier alpha value is -3.19. The van der Waals surface area contributed by atoms with E-state index in [0.717, 1.165) is 55.6 Å². The number of hydrogen-bond acceptors (Lipinski definition) is 7. The summed E-state index contributed by atoms with van der Waals surface area (Å²) in [5.74, 6) is 1.59. The van der Waals surface area contributed by atoms with Crippen LogP contribution in [0.2, 0.25) is 0 Å². The Kier molecular flexibility index (Phi) is 5.31. The van der Waals surface area contributed by atoms with Gasteiger partial charge >= 0.3 is 0 Å². The molecule has 0 aliphatic heterocycles. The number of aryl methyl sites for hydroxylation is 1. The summed E-state index contributed by atoms with van der Waals surface area (Å²) in [4.78, 5) is 18.8. The van der Waals surface area contributed by atoms with E-state index in [0.29, 0.717) is 0 Å². The van der Waals surface area contributed by atoms with Crippen LogP contribution < -0.4 is 21.3 Å². The number of hydrogen-bond donors (Lipinski definition) is 2. The first-order valence-electron chi connectivity index (χ1n) is 9.29. The lowest BCUT2D eigenvalue weighted by Crippen LogP contribution is -2.32. The zero-order chi connectivity index (χ0) is 20.4. The fourth-order valence-electron chi connectivity index (χ4n) is 3.21. The Labute approximate surface area is 174 Å².